The quantitative estimate of drug-likeness (QED) is 0.716. The second kappa shape index (κ2) is 7.84. The van der Waals surface area contributed by atoms with Crippen molar-refractivity contribution in [3.05, 3.63) is 48.0 Å². The first kappa shape index (κ1) is 18.2. The van der Waals surface area contributed by atoms with Crippen LogP contribution in [0, 0.1) is 0 Å². The zero-order chi connectivity index (χ0) is 19.5. The number of hydrogen-bond donors (Lipinski definition) is 1. The molecule has 0 radical (unpaired) electrons. The molecule has 0 fully saturated rings. The van der Waals surface area contributed by atoms with Gasteiger partial charge < -0.3 is 19.5 Å². The number of methoxy groups -OCH3 is 3. The minimum Gasteiger partial charge on any atom is -0.497 e. The second-order valence-electron chi connectivity index (χ2n) is 6.74. The van der Waals surface area contributed by atoms with Crippen molar-refractivity contribution in [3.8, 4) is 34.2 Å². The van der Waals surface area contributed by atoms with Crippen molar-refractivity contribution < 1.29 is 14.2 Å². The molecule has 0 saturated carbocycles. The van der Waals surface area contributed by atoms with Crippen molar-refractivity contribution in [2.75, 3.05) is 33.2 Å². The SMILES string of the molecule is COc1ccc(-n2nc(-c3ccc(OC)c(OC)c3)c3c2NCCCC3)cc1. The van der Waals surface area contributed by atoms with Crippen molar-refractivity contribution in [2.45, 2.75) is 19.3 Å². The summed E-state index contributed by atoms with van der Waals surface area (Å²) < 4.78 is 18.2. The third kappa shape index (κ3) is 3.26. The van der Waals surface area contributed by atoms with Gasteiger partial charge in [-0.05, 0) is 61.7 Å². The van der Waals surface area contributed by atoms with Gasteiger partial charge in [0, 0.05) is 17.7 Å². The first-order chi connectivity index (χ1) is 13.7. The molecule has 0 unspecified atom stereocenters. The Kier molecular flexibility index (Phi) is 5.10. The van der Waals surface area contributed by atoms with Crippen LogP contribution in [0.4, 0.5) is 5.82 Å². The molecule has 2 heterocycles. The number of ether oxygens (including phenoxy) is 3. The second-order valence-corrected chi connectivity index (χ2v) is 6.74. The summed E-state index contributed by atoms with van der Waals surface area (Å²) in [6.45, 7) is 0.945. The molecular formula is C22H25N3O3. The molecule has 0 spiro atoms. The highest BCUT2D eigenvalue weighted by Crippen LogP contribution is 2.37. The van der Waals surface area contributed by atoms with Gasteiger partial charge in [0.2, 0.25) is 0 Å². The maximum absolute atomic E-state index is 5.49. The van der Waals surface area contributed by atoms with E-state index in [1.165, 1.54) is 5.56 Å². The summed E-state index contributed by atoms with van der Waals surface area (Å²) in [5, 5.41) is 8.55. The topological polar surface area (TPSA) is 57.5 Å². The van der Waals surface area contributed by atoms with Crippen LogP contribution in [0.25, 0.3) is 16.9 Å². The molecule has 0 aliphatic carbocycles. The Morgan fingerprint density at radius 1 is 0.893 bits per heavy atom. The molecule has 0 bridgehead atoms. The number of fused-ring (bicyclic) bond motifs is 1. The van der Waals surface area contributed by atoms with Gasteiger partial charge in [-0.3, -0.25) is 0 Å². The lowest BCUT2D eigenvalue weighted by Crippen LogP contribution is -2.07. The number of nitrogens with one attached hydrogen (secondary N) is 1. The molecule has 2 aromatic carbocycles. The maximum atomic E-state index is 5.49. The summed E-state index contributed by atoms with van der Waals surface area (Å²) in [6.07, 6.45) is 3.26. The Labute approximate surface area is 165 Å². The van der Waals surface area contributed by atoms with Crippen LogP contribution in [0.2, 0.25) is 0 Å². The molecule has 28 heavy (non-hydrogen) atoms. The molecule has 0 saturated heterocycles. The van der Waals surface area contributed by atoms with Gasteiger partial charge in [-0.1, -0.05) is 0 Å². The summed E-state index contributed by atoms with van der Waals surface area (Å²) in [6, 6.07) is 13.9. The highest BCUT2D eigenvalue weighted by molar-refractivity contribution is 5.73. The van der Waals surface area contributed by atoms with E-state index in [1.54, 1.807) is 21.3 Å². The fourth-order valence-corrected chi connectivity index (χ4v) is 3.63. The van der Waals surface area contributed by atoms with E-state index in [0.717, 1.165) is 54.3 Å². The van der Waals surface area contributed by atoms with Gasteiger partial charge in [0.25, 0.3) is 0 Å². The van der Waals surface area contributed by atoms with E-state index in [9.17, 15) is 0 Å². The first-order valence-electron chi connectivity index (χ1n) is 9.47. The molecular weight excluding hydrogens is 354 g/mol. The highest BCUT2D eigenvalue weighted by atomic mass is 16.5. The number of hydrogen-bond acceptors (Lipinski definition) is 5. The predicted octanol–water partition coefficient (Wildman–Crippen LogP) is 4.31. The smallest absolute Gasteiger partial charge is 0.161 e. The van der Waals surface area contributed by atoms with Gasteiger partial charge in [-0.15, -0.1) is 0 Å². The molecule has 4 rings (SSSR count). The van der Waals surface area contributed by atoms with Crippen LogP contribution in [0.15, 0.2) is 42.5 Å². The normalized spacial score (nSPS) is 13.2. The summed E-state index contributed by atoms with van der Waals surface area (Å²) in [5.74, 6) is 3.31. The van der Waals surface area contributed by atoms with Gasteiger partial charge in [-0.25, -0.2) is 4.68 Å². The van der Waals surface area contributed by atoms with Crippen molar-refractivity contribution in [2.24, 2.45) is 0 Å². The van der Waals surface area contributed by atoms with E-state index in [4.69, 9.17) is 19.3 Å². The third-order valence-electron chi connectivity index (χ3n) is 5.10. The van der Waals surface area contributed by atoms with Crippen molar-refractivity contribution in [3.63, 3.8) is 0 Å². The third-order valence-corrected chi connectivity index (χ3v) is 5.10. The van der Waals surface area contributed by atoms with Crippen molar-refractivity contribution >= 4 is 5.82 Å². The van der Waals surface area contributed by atoms with Crippen LogP contribution >= 0.6 is 0 Å². The Morgan fingerprint density at radius 2 is 1.68 bits per heavy atom. The van der Waals surface area contributed by atoms with E-state index in [0.29, 0.717) is 11.5 Å². The van der Waals surface area contributed by atoms with E-state index in [1.807, 2.05) is 47.1 Å². The predicted molar refractivity (Wildman–Crippen MR) is 110 cm³/mol. The Bertz CT molecular complexity index is 964. The van der Waals surface area contributed by atoms with Crippen LogP contribution < -0.4 is 19.5 Å². The van der Waals surface area contributed by atoms with E-state index in [-0.39, 0.29) is 0 Å². The van der Waals surface area contributed by atoms with Crippen molar-refractivity contribution in [1.82, 2.24) is 9.78 Å². The fourth-order valence-electron chi connectivity index (χ4n) is 3.63. The van der Waals surface area contributed by atoms with E-state index >= 15 is 0 Å². The summed E-state index contributed by atoms with van der Waals surface area (Å²) in [7, 11) is 4.97. The minimum atomic E-state index is 0.703. The fraction of sp³-hybridized carbons (Fsp3) is 0.318. The van der Waals surface area contributed by atoms with Gasteiger partial charge >= 0.3 is 0 Å². The number of aromatic nitrogens is 2. The zero-order valence-corrected chi connectivity index (χ0v) is 16.5. The lowest BCUT2D eigenvalue weighted by Gasteiger charge is -2.09. The Balaban J connectivity index is 1.85. The van der Waals surface area contributed by atoms with Crippen LogP contribution in [-0.2, 0) is 6.42 Å². The molecule has 1 aliphatic rings. The average molecular weight is 379 g/mol. The van der Waals surface area contributed by atoms with Crippen LogP contribution in [0.3, 0.4) is 0 Å². The summed E-state index contributed by atoms with van der Waals surface area (Å²) in [5.41, 5.74) is 4.23. The monoisotopic (exact) mass is 379 g/mol. The molecule has 146 valence electrons. The molecule has 3 aromatic rings. The molecule has 0 amide bonds. The van der Waals surface area contributed by atoms with Crippen molar-refractivity contribution in [1.29, 1.82) is 0 Å². The molecule has 6 nitrogen and oxygen atoms in total. The zero-order valence-electron chi connectivity index (χ0n) is 16.5. The number of rotatable bonds is 5. The molecule has 0 atom stereocenters. The van der Waals surface area contributed by atoms with E-state index in [2.05, 4.69) is 5.32 Å². The summed E-state index contributed by atoms with van der Waals surface area (Å²) in [4.78, 5) is 0. The number of nitrogens with zero attached hydrogens (tertiary/aromatic N) is 2. The van der Waals surface area contributed by atoms with Gasteiger partial charge in [-0.2, -0.15) is 5.10 Å². The summed E-state index contributed by atoms with van der Waals surface area (Å²) >= 11 is 0. The Hall–Kier alpha value is -3.15. The standard InChI is InChI=1S/C22H25N3O3/c1-26-17-10-8-16(9-11-17)25-22-18(6-4-5-13-23-22)21(24-25)15-7-12-19(27-2)20(14-15)28-3/h7-12,14,23H,4-6,13H2,1-3H3. The maximum Gasteiger partial charge on any atom is 0.161 e. The first-order valence-corrected chi connectivity index (χ1v) is 9.47. The van der Waals surface area contributed by atoms with Crippen LogP contribution in [0.1, 0.15) is 18.4 Å². The molecule has 1 aliphatic heterocycles. The Morgan fingerprint density at radius 3 is 2.39 bits per heavy atom. The molecule has 1 N–H and O–H groups in total. The van der Waals surface area contributed by atoms with Crippen LogP contribution in [-0.4, -0.2) is 37.7 Å². The van der Waals surface area contributed by atoms with Gasteiger partial charge in [0.15, 0.2) is 11.5 Å². The molecule has 1 aromatic heterocycles. The minimum absolute atomic E-state index is 0.703. The number of benzene rings is 2. The number of anilines is 1. The van der Waals surface area contributed by atoms with E-state index < -0.39 is 0 Å². The highest BCUT2D eigenvalue weighted by Gasteiger charge is 2.22. The lowest BCUT2D eigenvalue weighted by atomic mass is 10.0. The largest absolute Gasteiger partial charge is 0.497 e. The lowest BCUT2D eigenvalue weighted by molar-refractivity contribution is 0.355. The van der Waals surface area contributed by atoms with Gasteiger partial charge in [0.05, 0.1) is 32.7 Å². The van der Waals surface area contributed by atoms with Crippen LogP contribution in [0.5, 0.6) is 17.2 Å². The average Bonchev–Trinajstić information content (AvgIpc) is 2.94. The molecule has 6 heteroatoms. The van der Waals surface area contributed by atoms with Gasteiger partial charge in [0.1, 0.15) is 11.6 Å².